The minimum Gasteiger partial charge on any atom is -0.311 e. The largest absolute Gasteiger partial charge is 0.311 e. The first kappa shape index (κ1) is 14.8. The number of rotatable bonds is 5. The lowest BCUT2D eigenvalue weighted by Gasteiger charge is -2.08. The van der Waals surface area contributed by atoms with Crippen LogP contribution in [0.3, 0.4) is 0 Å². The van der Waals surface area contributed by atoms with Gasteiger partial charge in [-0.15, -0.1) is 0 Å². The number of nitrogens with one attached hydrogen (secondary N) is 2. The Balaban J connectivity index is 2.22. The van der Waals surface area contributed by atoms with Crippen molar-refractivity contribution >= 4 is 11.6 Å². The van der Waals surface area contributed by atoms with Crippen LogP contribution in [0.5, 0.6) is 0 Å². The molecule has 2 rings (SSSR count). The molecule has 0 atom stereocenters. The fourth-order valence-corrected chi connectivity index (χ4v) is 2.05. The van der Waals surface area contributed by atoms with Crippen molar-refractivity contribution in [3.63, 3.8) is 0 Å². The summed E-state index contributed by atoms with van der Waals surface area (Å²) in [5.41, 5.74) is 1.38. The molecule has 0 radical (unpaired) electrons. The highest BCUT2D eigenvalue weighted by atomic mass is 35.5. The van der Waals surface area contributed by atoms with Gasteiger partial charge in [0.05, 0.1) is 5.69 Å². The highest BCUT2D eigenvalue weighted by molar-refractivity contribution is 6.30. The monoisotopic (exact) mass is 291 g/mol. The molecule has 0 aliphatic heterocycles. The lowest BCUT2D eigenvalue weighted by atomic mass is 10.2. The predicted octanol–water partition coefficient (Wildman–Crippen LogP) is 2.84. The van der Waals surface area contributed by atoms with E-state index in [-0.39, 0.29) is 5.56 Å². The molecule has 0 spiro atoms. The van der Waals surface area contributed by atoms with Gasteiger partial charge in [-0.05, 0) is 24.6 Å². The number of H-pyrrole nitrogens is 1. The van der Waals surface area contributed by atoms with E-state index in [1.54, 1.807) is 12.1 Å². The predicted molar refractivity (Wildman–Crippen MR) is 81.8 cm³/mol. The van der Waals surface area contributed by atoms with Crippen LogP contribution in [0.4, 0.5) is 0 Å². The minimum atomic E-state index is -0.156. The van der Waals surface area contributed by atoms with Crippen LogP contribution in [0, 0.1) is 5.92 Å². The lowest BCUT2D eigenvalue weighted by molar-refractivity contribution is 0.548. The van der Waals surface area contributed by atoms with Crippen molar-refractivity contribution < 1.29 is 0 Å². The van der Waals surface area contributed by atoms with E-state index in [4.69, 9.17) is 11.6 Å². The van der Waals surface area contributed by atoms with Gasteiger partial charge in [0, 0.05) is 23.2 Å². The molecule has 0 unspecified atom stereocenters. The fraction of sp³-hybridized carbons (Fsp3) is 0.333. The molecule has 0 saturated carbocycles. The summed E-state index contributed by atoms with van der Waals surface area (Å²) in [5.74, 6) is 1.10. The van der Waals surface area contributed by atoms with E-state index in [2.05, 4.69) is 29.1 Å². The van der Waals surface area contributed by atoms with E-state index in [1.165, 1.54) is 6.07 Å². The van der Waals surface area contributed by atoms with Gasteiger partial charge < -0.3 is 10.3 Å². The molecule has 1 heterocycles. The van der Waals surface area contributed by atoms with Gasteiger partial charge in [-0.25, -0.2) is 4.98 Å². The summed E-state index contributed by atoms with van der Waals surface area (Å²) in [6, 6.07) is 8.79. The summed E-state index contributed by atoms with van der Waals surface area (Å²) < 4.78 is 0. The van der Waals surface area contributed by atoms with Gasteiger partial charge in [-0.2, -0.15) is 0 Å². The van der Waals surface area contributed by atoms with Crippen LogP contribution >= 0.6 is 11.6 Å². The molecular weight excluding hydrogens is 274 g/mol. The zero-order valence-electron chi connectivity index (χ0n) is 11.6. The Bertz CT molecular complexity index is 637. The summed E-state index contributed by atoms with van der Waals surface area (Å²) in [4.78, 5) is 18.9. The molecule has 2 aromatic rings. The second kappa shape index (κ2) is 6.68. The molecule has 1 aromatic carbocycles. The molecule has 0 bridgehead atoms. The molecule has 106 valence electrons. The number of aromatic amines is 1. The van der Waals surface area contributed by atoms with Crippen LogP contribution in [-0.4, -0.2) is 16.5 Å². The topological polar surface area (TPSA) is 57.8 Å². The lowest BCUT2D eigenvalue weighted by Crippen LogP contribution is -2.21. The number of nitrogens with zero attached hydrogens (tertiary/aromatic N) is 1. The van der Waals surface area contributed by atoms with Gasteiger partial charge in [0.15, 0.2) is 0 Å². The Hall–Kier alpha value is -1.65. The van der Waals surface area contributed by atoms with E-state index >= 15 is 0 Å². The van der Waals surface area contributed by atoms with Crippen molar-refractivity contribution in [3.05, 3.63) is 51.4 Å². The van der Waals surface area contributed by atoms with Gasteiger partial charge in [-0.3, -0.25) is 4.79 Å². The molecule has 1 aromatic heterocycles. The van der Waals surface area contributed by atoms with E-state index in [0.29, 0.717) is 23.3 Å². The highest BCUT2D eigenvalue weighted by Gasteiger charge is 2.05. The summed E-state index contributed by atoms with van der Waals surface area (Å²) in [7, 11) is 0. The Labute approximate surface area is 123 Å². The van der Waals surface area contributed by atoms with E-state index < -0.39 is 0 Å². The fourth-order valence-electron chi connectivity index (χ4n) is 1.86. The maximum atomic E-state index is 11.7. The highest BCUT2D eigenvalue weighted by Crippen LogP contribution is 2.18. The van der Waals surface area contributed by atoms with Gasteiger partial charge >= 0.3 is 0 Å². The van der Waals surface area contributed by atoms with Crippen molar-refractivity contribution in [2.24, 2.45) is 5.92 Å². The second-order valence-electron chi connectivity index (χ2n) is 5.12. The molecule has 0 fully saturated rings. The van der Waals surface area contributed by atoms with E-state index in [1.807, 2.05) is 12.1 Å². The van der Waals surface area contributed by atoms with Gasteiger partial charge in [-0.1, -0.05) is 37.6 Å². The molecule has 0 aliphatic carbocycles. The Morgan fingerprint density at radius 1 is 1.35 bits per heavy atom. The van der Waals surface area contributed by atoms with E-state index in [9.17, 15) is 4.79 Å². The number of aromatic nitrogens is 2. The summed E-state index contributed by atoms with van der Waals surface area (Å²) >= 11 is 5.96. The Morgan fingerprint density at radius 2 is 2.15 bits per heavy atom. The summed E-state index contributed by atoms with van der Waals surface area (Å²) in [6.07, 6.45) is 0. The first-order valence-corrected chi connectivity index (χ1v) is 6.99. The first-order chi connectivity index (χ1) is 9.54. The van der Waals surface area contributed by atoms with Crippen LogP contribution < -0.4 is 10.9 Å². The zero-order chi connectivity index (χ0) is 14.5. The van der Waals surface area contributed by atoms with Crippen molar-refractivity contribution in [3.8, 4) is 11.4 Å². The van der Waals surface area contributed by atoms with Gasteiger partial charge in [0.25, 0.3) is 5.56 Å². The average molecular weight is 292 g/mol. The molecule has 5 heteroatoms. The van der Waals surface area contributed by atoms with Crippen molar-refractivity contribution in [2.45, 2.75) is 20.4 Å². The zero-order valence-corrected chi connectivity index (χ0v) is 12.4. The average Bonchev–Trinajstić information content (AvgIpc) is 2.37. The van der Waals surface area contributed by atoms with Crippen LogP contribution in [-0.2, 0) is 6.54 Å². The van der Waals surface area contributed by atoms with Gasteiger partial charge in [0.2, 0.25) is 0 Å². The number of halogens is 1. The molecular formula is C15H18ClN3O. The normalized spacial score (nSPS) is 11.0. The third-order valence-electron chi connectivity index (χ3n) is 2.75. The number of benzene rings is 1. The summed E-state index contributed by atoms with van der Waals surface area (Å²) in [5, 5.41) is 3.90. The third kappa shape index (κ3) is 4.18. The molecule has 0 aliphatic rings. The number of hydrogen-bond donors (Lipinski definition) is 2. The van der Waals surface area contributed by atoms with Crippen LogP contribution in [0.1, 0.15) is 19.5 Å². The van der Waals surface area contributed by atoms with E-state index in [0.717, 1.165) is 17.8 Å². The van der Waals surface area contributed by atoms with Crippen molar-refractivity contribution in [1.82, 2.24) is 15.3 Å². The third-order valence-corrected chi connectivity index (χ3v) is 2.99. The van der Waals surface area contributed by atoms with Crippen LogP contribution in [0.15, 0.2) is 35.1 Å². The smallest absolute Gasteiger partial charge is 0.251 e. The summed E-state index contributed by atoms with van der Waals surface area (Å²) in [6.45, 7) is 5.74. The van der Waals surface area contributed by atoms with Gasteiger partial charge in [0.1, 0.15) is 5.82 Å². The Morgan fingerprint density at radius 3 is 2.85 bits per heavy atom. The van der Waals surface area contributed by atoms with Crippen LogP contribution in [0.25, 0.3) is 11.4 Å². The standard InChI is InChI=1S/C15H18ClN3O/c1-10(2)8-17-9-13-7-14(20)19-15(18-13)11-4-3-5-12(16)6-11/h3-7,10,17H,8-9H2,1-2H3,(H,18,19,20). The quantitative estimate of drug-likeness (QED) is 0.890. The second-order valence-corrected chi connectivity index (χ2v) is 5.56. The molecule has 4 nitrogen and oxygen atoms in total. The van der Waals surface area contributed by atoms with Crippen molar-refractivity contribution in [1.29, 1.82) is 0 Å². The number of hydrogen-bond acceptors (Lipinski definition) is 3. The maximum Gasteiger partial charge on any atom is 0.251 e. The molecule has 2 N–H and O–H groups in total. The minimum absolute atomic E-state index is 0.156. The maximum absolute atomic E-state index is 11.7. The van der Waals surface area contributed by atoms with Crippen molar-refractivity contribution in [2.75, 3.05) is 6.54 Å². The SMILES string of the molecule is CC(C)CNCc1cc(=O)[nH]c(-c2cccc(Cl)c2)n1. The van der Waals surface area contributed by atoms with Crippen LogP contribution in [0.2, 0.25) is 5.02 Å². The molecule has 0 saturated heterocycles. The molecule has 0 amide bonds. The molecule has 20 heavy (non-hydrogen) atoms. The first-order valence-electron chi connectivity index (χ1n) is 6.61. The Kier molecular flexibility index (Phi) is 4.93.